The quantitative estimate of drug-likeness (QED) is 0.388. The number of hydrogen-bond acceptors (Lipinski definition) is 7. The largest absolute Gasteiger partial charge is 0.379 e. The van der Waals surface area contributed by atoms with Gasteiger partial charge in [0.1, 0.15) is 5.82 Å². The lowest BCUT2D eigenvalue weighted by atomic mass is 9.91. The molecule has 2 heterocycles. The second-order valence-electron chi connectivity index (χ2n) is 9.80. The number of rotatable bonds is 8. The van der Waals surface area contributed by atoms with Crippen LogP contribution in [-0.2, 0) is 17.6 Å². The molecule has 3 N–H and O–H groups in total. The number of thiocarbonyl (C=S) groups is 1. The van der Waals surface area contributed by atoms with E-state index in [1.807, 2.05) is 0 Å². The first-order valence-electron chi connectivity index (χ1n) is 12.8. The molecule has 1 aromatic heterocycles. The van der Waals surface area contributed by atoms with Crippen LogP contribution in [0, 0.1) is 0 Å². The smallest absolute Gasteiger partial charge is 0.225 e. The first kappa shape index (κ1) is 24.4. The van der Waals surface area contributed by atoms with Gasteiger partial charge in [-0.3, -0.25) is 4.90 Å². The van der Waals surface area contributed by atoms with Gasteiger partial charge in [0.2, 0.25) is 5.95 Å². The second-order valence-corrected chi connectivity index (χ2v) is 10.2. The number of hydrogen-bond donors (Lipinski definition) is 3. The molecule has 0 unspecified atom stereocenters. The van der Waals surface area contributed by atoms with E-state index in [0.717, 1.165) is 101 Å². The second kappa shape index (κ2) is 12.1. The van der Waals surface area contributed by atoms with Gasteiger partial charge in [0, 0.05) is 51.4 Å². The van der Waals surface area contributed by atoms with E-state index in [0.29, 0.717) is 12.1 Å². The van der Waals surface area contributed by atoms with Gasteiger partial charge in [-0.2, -0.15) is 4.98 Å². The molecule has 4 rings (SSSR count). The van der Waals surface area contributed by atoms with E-state index in [1.54, 1.807) is 0 Å². The van der Waals surface area contributed by atoms with Crippen molar-refractivity contribution in [2.75, 3.05) is 63.7 Å². The fourth-order valence-corrected chi connectivity index (χ4v) is 5.41. The van der Waals surface area contributed by atoms with E-state index in [4.69, 9.17) is 26.9 Å². The van der Waals surface area contributed by atoms with Crippen LogP contribution >= 0.6 is 12.2 Å². The molecule has 33 heavy (non-hydrogen) atoms. The minimum absolute atomic E-state index is 0.426. The van der Waals surface area contributed by atoms with Crippen molar-refractivity contribution >= 4 is 29.1 Å². The Bertz CT molecular complexity index is 776. The predicted octanol–water partition coefficient (Wildman–Crippen LogP) is 2.33. The van der Waals surface area contributed by atoms with Crippen molar-refractivity contribution in [3.8, 4) is 0 Å². The minimum Gasteiger partial charge on any atom is -0.379 e. The van der Waals surface area contributed by atoms with E-state index in [1.165, 1.54) is 24.1 Å². The number of nitrogens with one attached hydrogen (secondary N) is 3. The van der Waals surface area contributed by atoms with Gasteiger partial charge in [0.05, 0.1) is 18.9 Å². The normalized spacial score (nSPS) is 23.5. The maximum Gasteiger partial charge on any atom is 0.225 e. The van der Waals surface area contributed by atoms with Crippen LogP contribution in [0.2, 0.25) is 0 Å². The van der Waals surface area contributed by atoms with Gasteiger partial charge in [-0.15, -0.1) is 0 Å². The number of ether oxygens (including phenoxy) is 1. The number of morpholine rings is 1. The molecule has 0 aromatic carbocycles. The first-order valence-corrected chi connectivity index (χ1v) is 13.2. The zero-order valence-electron chi connectivity index (χ0n) is 20.4. The van der Waals surface area contributed by atoms with Gasteiger partial charge in [-0.05, 0) is 76.6 Å². The van der Waals surface area contributed by atoms with Gasteiger partial charge < -0.3 is 25.6 Å². The molecule has 1 saturated carbocycles. The molecule has 2 aliphatic carbocycles. The minimum atomic E-state index is 0.426. The zero-order valence-corrected chi connectivity index (χ0v) is 21.2. The molecule has 2 fully saturated rings. The van der Waals surface area contributed by atoms with E-state index >= 15 is 0 Å². The summed E-state index contributed by atoms with van der Waals surface area (Å²) in [6.45, 7) is 5.85. The Morgan fingerprint density at radius 2 is 1.79 bits per heavy atom. The van der Waals surface area contributed by atoms with Gasteiger partial charge in [-0.1, -0.05) is 0 Å². The van der Waals surface area contributed by atoms with Crippen molar-refractivity contribution in [3.63, 3.8) is 0 Å². The molecule has 0 bridgehead atoms. The fourth-order valence-electron chi connectivity index (χ4n) is 5.14. The summed E-state index contributed by atoms with van der Waals surface area (Å²) in [5, 5.41) is 11.3. The topological polar surface area (TPSA) is 77.6 Å². The molecular formula is C24H41N7OS. The van der Waals surface area contributed by atoms with Crippen molar-refractivity contribution in [2.45, 2.75) is 69.9 Å². The van der Waals surface area contributed by atoms with E-state index in [-0.39, 0.29) is 0 Å². The maximum atomic E-state index is 5.54. The average Bonchev–Trinajstić information content (AvgIpc) is 2.83. The molecule has 3 aliphatic rings. The van der Waals surface area contributed by atoms with Crippen LogP contribution in [0.4, 0.5) is 11.8 Å². The summed E-state index contributed by atoms with van der Waals surface area (Å²) in [7, 11) is 4.16. The molecule has 1 aromatic rings. The predicted molar refractivity (Wildman–Crippen MR) is 138 cm³/mol. The van der Waals surface area contributed by atoms with Crippen molar-refractivity contribution in [3.05, 3.63) is 11.3 Å². The highest BCUT2D eigenvalue weighted by atomic mass is 32.1. The van der Waals surface area contributed by atoms with E-state index in [9.17, 15) is 0 Å². The molecule has 0 amide bonds. The van der Waals surface area contributed by atoms with Crippen LogP contribution in [0.15, 0.2) is 0 Å². The van der Waals surface area contributed by atoms with E-state index < -0.39 is 0 Å². The number of nitrogens with zero attached hydrogens (tertiary/aromatic N) is 4. The first-order chi connectivity index (χ1) is 16.1. The summed E-state index contributed by atoms with van der Waals surface area (Å²) in [6.07, 6.45) is 10.2. The third kappa shape index (κ3) is 7.13. The van der Waals surface area contributed by atoms with E-state index in [2.05, 4.69) is 39.8 Å². The number of fused-ring (bicyclic) bond motifs is 1. The molecule has 8 nitrogen and oxygen atoms in total. The summed E-state index contributed by atoms with van der Waals surface area (Å²) in [6, 6.07) is 0.874. The Balaban J connectivity index is 1.17. The van der Waals surface area contributed by atoms with Crippen LogP contribution in [-0.4, -0.2) is 85.6 Å². The van der Waals surface area contributed by atoms with Gasteiger partial charge in [-0.25, -0.2) is 4.98 Å². The van der Waals surface area contributed by atoms with Crippen molar-refractivity contribution in [1.82, 2.24) is 25.5 Å². The van der Waals surface area contributed by atoms with Crippen molar-refractivity contribution in [2.24, 2.45) is 0 Å². The molecule has 0 atom stereocenters. The average molecular weight is 476 g/mol. The van der Waals surface area contributed by atoms with Crippen molar-refractivity contribution in [1.29, 1.82) is 0 Å². The van der Waals surface area contributed by atoms with Crippen molar-refractivity contribution < 1.29 is 4.74 Å². The van der Waals surface area contributed by atoms with Crippen LogP contribution in [0.5, 0.6) is 0 Å². The number of aromatic nitrogens is 2. The lowest BCUT2D eigenvalue weighted by Gasteiger charge is -2.31. The maximum absolute atomic E-state index is 5.54. The number of anilines is 2. The van der Waals surface area contributed by atoms with Gasteiger partial charge >= 0.3 is 0 Å². The molecule has 9 heteroatoms. The molecule has 0 radical (unpaired) electrons. The van der Waals surface area contributed by atoms with Gasteiger partial charge in [0.25, 0.3) is 0 Å². The highest BCUT2D eigenvalue weighted by Gasteiger charge is 2.24. The van der Waals surface area contributed by atoms with Crippen LogP contribution in [0.3, 0.4) is 0 Å². The monoisotopic (exact) mass is 475 g/mol. The zero-order chi connectivity index (χ0) is 23.0. The SMILES string of the molecule is CN(C)c1nc(N[C@H]2CC[C@@H](NC(=S)NCCCN3CCOCC3)CC2)nc2c1CCCC2. The summed E-state index contributed by atoms with van der Waals surface area (Å²) >= 11 is 5.54. The molecule has 1 saturated heterocycles. The molecule has 0 spiro atoms. The Labute approximate surface area is 204 Å². The summed E-state index contributed by atoms with van der Waals surface area (Å²) in [4.78, 5) is 14.4. The highest BCUT2D eigenvalue weighted by Crippen LogP contribution is 2.29. The van der Waals surface area contributed by atoms with Crippen LogP contribution in [0.1, 0.15) is 56.2 Å². The molecule has 1 aliphatic heterocycles. The Morgan fingerprint density at radius 1 is 1.06 bits per heavy atom. The Hall–Kier alpha value is -1.71. The highest BCUT2D eigenvalue weighted by molar-refractivity contribution is 7.80. The molecular weight excluding hydrogens is 434 g/mol. The Kier molecular flexibility index (Phi) is 8.97. The molecule has 184 valence electrons. The summed E-state index contributed by atoms with van der Waals surface area (Å²) < 4.78 is 5.40. The standard InChI is InChI=1S/C24H41N7OS/c1-30(2)22-20-6-3-4-7-21(20)28-23(29-22)26-18-8-10-19(11-9-18)27-24(33)25-12-5-13-31-14-16-32-17-15-31/h18-19H,3-17H2,1-2H3,(H2,25,27,33)(H,26,28,29)/t18-,19+. The fraction of sp³-hybridized carbons (Fsp3) is 0.792. The lowest BCUT2D eigenvalue weighted by molar-refractivity contribution is 0.0376. The third-order valence-corrected chi connectivity index (χ3v) is 7.28. The van der Waals surface area contributed by atoms with Crippen LogP contribution < -0.4 is 20.9 Å². The van der Waals surface area contributed by atoms with Crippen LogP contribution in [0.25, 0.3) is 0 Å². The summed E-state index contributed by atoms with van der Waals surface area (Å²) in [5.41, 5.74) is 2.58. The Morgan fingerprint density at radius 3 is 2.55 bits per heavy atom. The van der Waals surface area contributed by atoms with Gasteiger partial charge in [0.15, 0.2) is 5.11 Å². The summed E-state index contributed by atoms with van der Waals surface area (Å²) in [5.74, 6) is 1.89. The third-order valence-electron chi connectivity index (χ3n) is 7.02. The lowest BCUT2D eigenvalue weighted by Crippen LogP contribution is -2.45. The number of aryl methyl sites for hydroxylation is 1.